The number of benzene rings is 2. The first-order valence-corrected chi connectivity index (χ1v) is 8.25. The Hall–Kier alpha value is -3.87. The Morgan fingerprint density at radius 1 is 1.00 bits per heavy atom. The van der Waals surface area contributed by atoms with Crippen molar-refractivity contribution in [2.24, 2.45) is 0 Å². The minimum absolute atomic E-state index is 0.311. The van der Waals surface area contributed by atoms with Gasteiger partial charge in [0.15, 0.2) is 5.65 Å². The summed E-state index contributed by atoms with van der Waals surface area (Å²) in [6.45, 7) is 1.33. The fourth-order valence-electron chi connectivity index (χ4n) is 2.81. The lowest BCUT2D eigenvalue weighted by Gasteiger charge is -2.06. The average Bonchev–Trinajstić information content (AvgIpc) is 3.02. The van der Waals surface area contributed by atoms with Crippen LogP contribution in [0.3, 0.4) is 0 Å². The van der Waals surface area contributed by atoms with Gasteiger partial charge in [-0.2, -0.15) is 4.73 Å². The Morgan fingerprint density at radius 3 is 2.41 bits per heavy atom. The number of nitrogen functional groups attached to an aromatic ring is 1. The fourth-order valence-corrected chi connectivity index (χ4v) is 2.81. The third-order valence-electron chi connectivity index (χ3n) is 3.95. The van der Waals surface area contributed by atoms with Crippen molar-refractivity contribution < 1.29 is 14.4 Å². The van der Waals surface area contributed by atoms with Crippen LogP contribution in [-0.2, 0) is 4.79 Å². The summed E-state index contributed by atoms with van der Waals surface area (Å²) in [6, 6.07) is 17.1. The second-order valence-electron chi connectivity index (χ2n) is 5.85. The van der Waals surface area contributed by atoms with Gasteiger partial charge in [0.25, 0.3) is 0 Å². The van der Waals surface area contributed by atoms with Crippen molar-refractivity contribution in [2.45, 2.75) is 6.92 Å². The molecular formula is C20H16N4O3. The maximum atomic E-state index is 11.4. The van der Waals surface area contributed by atoms with Crippen molar-refractivity contribution in [1.82, 2.24) is 14.7 Å². The molecule has 0 spiro atoms. The van der Waals surface area contributed by atoms with Gasteiger partial charge in [-0.25, -0.2) is 14.8 Å². The number of para-hydroxylation sites is 1. The molecule has 7 nitrogen and oxygen atoms in total. The van der Waals surface area contributed by atoms with Gasteiger partial charge in [0, 0.05) is 12.5 Å². The van der Waals surface area contributed by atoms with Gasteiger partial charge in [0.2, 0.25) is 0 Å². The van der Waals surface area contributed by atoms with Gasteiger partial charge in [0.1, 0.15) is 23.6 Å². The zero-order valence-electron chi connectivity index (χ0n) is 14.5. The zero-order valence-corrected chi connectivity index (χ0v) is 14.5. The number of fused-ring (bicyclic) bond motifs is 1. The molecule has 2 aromatic heterocycles. The summed E-state index contributed by atoms with van der Waals surface area (Å²) in [6.07, 6.45) is 3.00. The van der Waals surface area contributed by atoms with Crippen molar-refractivity contribution in [3.8, 4) is 22.6 Å². The molecule has 0 unspecified atom stereocenters. The van der Waals surface area contributed by atoms with Gasteiger partial charge in [-0.15, -0.1) is 0 Å². The molecule has 0 radical (unpaired) electrons. The van der Waals surface area contributed by atoms with Crippen LogP contribution in [-0.4, -0.2) is 20.7 Å². The second-order valence-corrected chi connectivity index (χ2v) is 5.85. The van der Waals surface area contributed by atoms with Crippen molar-refractivity contribution >= 4 is 22.8 Å². The SMILES string of the molecule is CC(=O)On1cc(-c2ccc(Oc3ccccc3)cc2)c2c(N)ncnc21. The van der Waals surface area contributed by atoms with Gasteiger partial charge in [0.05, 0.1) is 11.6 Å². The molecule has 0 fully saturated rings. The van der Waals surface area contributed by atoms with Gasteiger partial charge in [-0.1, -0.05) is 30.3 Å². The molecule has 4 aromatic rings. The van der Waals surface area contributed by atoms with E-state index in [2.05, 4.69) is 9.97 Å². The maximum absolute atomic E-state index is 11.4. The Balaban J connectivity index is 1.72. The molecule has 7 heteroatoms. The standard InChI is InChI=1S/C20H16N4O3/c1-13(25)27-24-11-17(18-19(21)22-12-23-20(18)24)14-7-9-16(10-8-14)26-15-5-3-2-4-6-15/h2-12H,1H3,(H2,21,22,23). The van der Waals surface area contributed by atoms with E-state index < -0.39 is 5.97 Å². The molecule has 0 aliphatic carbocycles. The summed E-state index contributed by atoms with van der Waals surface area (Å²) in [4.78, 5) is 24.8. The minimum Gasteiger partial charge on any atom is -0.457 e. The third-order valence-corrected chi connectivity index (χ3v) is 3.95. The van der Waals surface area contributed by atoms with Crippen LogP contribution in [0.5, 0.6) is 11.5 Å². The highest BCUT2D eigenvalue weighted by Gasteiger charge is 2.17. The van der Waals surface area contributed by atoms with Gasteiger partial charge in [-0.05, 0) is 29.8 Å². The number of carbonyl (C=O) groups is 1. The highest BCUT2D eigenvalue weighted by molar-refractivity contribution is 6.00. The first-order valence-electron chi connectivity index (χ1n) is 8.25. The van der Waals surface area contributed by atoms with Crippen LogP contribution in [0.4, 0.5) is 5.82 Å². The van der Waals surface area contributed by atoms with E-state index in [0.717, 1.165) is 16.9 Å². The molecule has 27 heavy (non-hydrogen) atoms. The lowest BCUT2D eigenvalue weighted by molar-refractivity contribution is -0.140. The number of aromatic nitrogens is 3. The normalized spacial score (nSPS) is 10.7. The van der Waals surface area contributed by atoms with Gasteiger partial charge in [-0.3, -0.25) is 0 Å². The second kappa shape index (κ2) is 6.80. The monoisotopic (exact) mass is 360 g/mol. The van der Waals surface area contributed by atoms with E-state index in [1.165, 1.54) is 18.0 Å². The van der Waals surface area contributed by atoms with Crippen LogP contribution >= 0.6 is 0 Å². The van der Waals surface area contributed by atoms with Gasteiger partial charge < -0.3 is 15.3 Å². The Kier molecular flexibility index (Phi) is 4.18. The summed E-state index contributed by atoms with van der Waals surface area (Å²) in [5.41, 5.74) is 8.10. The Bertz CT molecular complexity index is 1110. The molecule has 2 N–H and O–H groups in total. The molecule has 0 amide bonds. The maximum Gasteiger partial charge on any atom is 0.329 e. The predicted octanol–water partition coefficient (Wildman–Crippen LogP) is 3.45. The molecule has 134 valence electrons. The topological polar surface area (TPSA) is 92.3 Å². The first kappa shape index (κ1) is 16.6. The van der Waals surface area contributed by atoms with Crippen molar-refractivity contribution in [2.75, 3.05) is 5.73 Å². The number of carbonyl (C=O) groups excluding carboxylic acids is 1. The summed E-state index contributed by atoms with van der Waals surface area (Å²) in [5, 5.41) is 0.621. The highest BCUT2D eigenvalue weighted by Crippen LogP contribution is 2.33. The van der Waals surface area contributed by atoms with E-state index in [4.69, 9.17) is 15.3 Å². The third kappa shape index (κ3) is 3.30. The van der Waals surface area contributed by atoms with Crippen LogP contribution in [0.25, 0.3) is 22.2 Å². The number of ether oxygens (including phenoxy) is 1. The van der Waals surface area contributed by atoms with Crippen molar-refractivity contribution in [3.05, 3.63) is 67.1 Å². The molecule has 0 bridgehead atoms. The van der Waals surface area contributed by atoms with Crippen molar-refractivity contribution in [1.29, 1.82) is 0 Å². The number of nitrogens with two attached hydrogens (primary N) is 1. The van der Waals surface area contributed by atoms with Crippen LogP contribution in [0.2, 0.25) is 0 Å². The minimum atomic E-state index is -0.456. The molecule has 0 atom stereocenters. The van der Waals surface area contributed by atoms with Crippen molar-refractivity contribution in [3.63, 3.8) is 0 Å². The van der Waals surface area contributed by atoms with E-state index in [0.29, 0.717) is 22.6 Å². The fraction of sp³-hybridized carbons (Fsp3) is 0.0500. The van der Waals surface area contributed by atoms with Gasteiger partial charge >= 0.3 is 5.97 Å². The lowest BCUT2D eigenvalue weighted by Crippen LogP contribution is -2.15. The molecule has 0 saturated carbocycles. The summed E-state index contributed by atoms with van der Waals surface area (Å²) in [5.74, 6) is 1.32. The van der Waals surface area contributed by atoms with E-state index >= 15 is 0 Å². The highest BCUT2D eigenvalue weighted by atomic mass is 16.7. The number of nitrogens with zero attached hydrogens (tertiary/aromatic N) is 3. The molecule has 4 rings (SSSR count). The Labute approximate surface area is 154 Å². The van der Waals surface area contributed by atoms with Crippen LogP contribution < -0.4 is 15.3 Å². The lowest BCUT2D eigenvalue weighted by atomic mass is 10.1. The van der Waals surface area contributed by atoms with Crippen LogP contribution in [0.15, 0.2) is 67.1 Å². The molecule has 2 aromatic carbocycles. The first-order chi connectivity index (χ1) is 13.1. The quantitative estimate of drug-likeness (QED) is 0.599. The van der Waals surface area contributed by atoms with E-state index in [-0.39, 0.29) is 0 Å². The molecule has 0 aliphatic heterocycles. The largest absolute Gasteiger partial charge is 0.457 e. The summed E-state index contributed by atoms with van der Waals surface area (Å²) < 4.78 is 7.12. The molecule has 2 heterocycles. The van der Waals surface area contributed by atoms with Crippen LogP contribution in [0, 0.1) is 0 Å². The number of hydrogen-bond donors (Lipinski definition) is 1. The molecule has 0 saturated heterocycles. The molecule has 0 aliphatic rings. The number of anilines is 1. The molecular weight excluding hydrogens is 344 g/mol. The van der Waals surface area contributed by atoms with E-state index in [1.54, 1.807) is 6.20 Å². The number of hydrogen-bond acceptors (Lipinski definition) is 6. The van der Waals surface area contributed by atoms with E-state index in [9.17, 15) is 4.79 Å². The predicted molar refractivity (Wildman–Crippen MR) is 101 cm³/mol. The Morgan fingerprint density at radius 2 is 1.70 bits per heavy atom. The average molecular weight is 360 g/mol. The number of rotatable bonds is 4. The smallest absolute Gasteiger partial charge is 0.329 e. The van der Waals surface area contributed by atoms with Crippen LogP contribution in [0.1, 0.15) is 6.92 Å². The summed E-state index contributed by atoms with van der Waals surface area (Å²) >= 11 is 0. The zero-order chi connectivity index (χ0) is 18.8. The van der Waals surface area contributed by atoms with E-state index in [1.807, 2.05) is 54.6 Å². The summed E-state index contributed by atoms with van der Waals surface area (Å²) in [7, 11) is 0.